The molecule has 0 N–H and O–H groups in total. The fourth-order valence-electron chi connectivity index (χ4n) is 3.20. The van der Waals surface area contributed by atoms with E-state index in [1.54, 1.807) is 13.8 Å². The van der Waals surface area contributed by atoms with E-state index in [1.165, 1.54) is 37.6 Å². The number of benzene rings is 2. The molecule has 2 aromatic carbocycles. The van der Waals surface area contributed by atoms with E-state index in [2.05, 4.69) is 0 Å². The van der Waals surface area contributed by atoms with Gasteiger partial charge in [-0.3, -0.25) is 4.79 Å². The van der Waals surface area contributed by atoms with Gasteiger partial charge >= 0.3 is 5.69 Å². The Morgan fingerprint density at radius 3 is 2.07 bits per heavy atom. The van der Waals surface area contributed by atoms with Gasteiger partial charge in [0.05, 0.1) is 12.0 Å². The average Bonchev–Trinajstić information content (AvgIpc) is 3.03. The molecule has 0 spiro atoms. The maximum Gasteiger partial charge on any atom is 0.349 e. The van der Waals surface area contributed by atoms with E-state index in [4.69, 9.17) is 4.74 Å². The van der Waals surface area contributed by atoms with Crippen molar-refractivity contribution in [2.75, 3.05) is 7.11 Å². The van der Waals surface area contributed by atoms with E-state index < -0.39 is 21.6 Å². The van der Waals surface area contributed by atoms with Gasteiger partial charge < -0.3 is 4.74 Å². The molecule has 0 atom stereocenters. The smallest absolute Gasteiger partial charge is 0.349 e. The van der Waals surface area contributed by atoms with Crippen molar-refractivity contribution in [1.29, 1.82) is 0 Å². The third kappa shape index (κ3) is 3.27. The van der Waals surface area contributed by atoms with Gasteiger partial charge in [-0.25, -0.2) is 17.8 Å². The summed E-state index contributed by atoms with van der Waals surface area (Å²) in [5, 5.41) is 0. The Labute approximate surface area is 162 Å². The van der Waals surface area contributed by atoms with Crippen LogP contribution in [-0.2, 0) is 10.0 Å². The number of aromatic nitrogens is 2. The molecule has 8 heteroatoms. The summed E-state index contributed by atoms with van der Waals surface area (Å²) >= 11 is 0. The second kappa shape index (κ2) is 7.12. The number of hydrogen-bond donors (Lipinski definition) is 0. The maximum absolute atomic E-state index is 12.9. The molecule has 0 saturated heterocycles. The minimum absolute atomic E-state index is 0.0803. The van der Waals surface area contributed by atoms with E-state index in [0.29, 0.717) is 15.3 Å². The van der Waals surface area contributed by atoms with Crippen LogP contribution in [0.25, 0.3) is 0 Å². The van der Waals surface area contributed by atoms with Crippen LogP contribution in [0, 0.1) is 20.8 Å². The lowest BCUT2D eigenvalue weighted by Gasteiger charge is -2.10. The van der Waals surface area contributed by atoms with Gasteiger partial charge in [-0.15, -0.1) is 0 Å². The molecule has 3 rings (SSSR count). The Morgan fingerprint density at radius 1 is 0.964 bits per heavy atom. The number of rotatable bonds is 4. The van der Waals surface area contributed by atoms with Gasteiger partial charge in [0.1, 0.15) is 5.75 Å². The molecule has 28 heavy (non-hydrogen) atoms. The molecule has 0 aliphatic rings. The number of aryl methyl sites for hydroxylation is 3. The Morgan fingerprint density at radius 2 is 1.54 bits per heavy atom. The predicted molar refractivity (Wildman–Crippen MR) is 105 cm³/mol. The number of hydrogen-bond acceptors (Lipinski definition) is 5. The van der Waals surface area contributed by atoms with Gasteiger partial charge in [0.25, 0.3) is 15.9 Å². The zero-order valence-corrected chi connectivity index (χ0v) is 16.8. The Balaban J connectivity index is 2.07. The number of carbonyl (C=O) groups excluding carboxylic acids is 1. The lowest BCUT2D eigenvalue weighted by molar-refractivity contribution is 0.0955. The molecule has 146 valence electrons. The SMILES string of the molecule is COc1ccc(S(=O)(=O)n2ccn(C(=O)c3c(C)cc(C)cc3C)c2=O)cc1. The molecule has 0 aliphatic heterocycles. The minimum atomic E-state index is -4.14. The van der Waals surface area contributed by atoms with Crippen molar-refractivity contribution in [1.82, 2.24) is 8.54 Å². The van der Waals surface area contributed by atoms with Crippen LogP contribution < -0.4 is 10.4 Å². The molecule has 1 heterocycles. The second-order valence-electron chi connectivity index (χ2n) is 6.51. The van der Waals surface area contributed by atoms with Crippen LogP contribution in [0.2, 0.25) is 0 Å². The first-order chi connectivity index (χ1) is 13.2. The van der Waals surface area contributed by atoms with Crippen molar-refractivity contribution in [3.63, 3.8) is 0 Å². The molecular formula is C20H20N2O5S. The van der Waals surface area contributed by atoms with Gasteiger partial charge in [-0.05, 0) is 56.2 Å². The Hall–Kier alpha value is -3.13. The van der Waals surface area contributed by atoms with Crippen molar-refractivity contribution < 1.29 is 17.9 Å². The number of methoxy groups -OCH3 is 1. The topological polar surface area (TPSA) is 87.4 Å². The van der Waals surface area contributed by atoms with Gasteiger partial charge in [-0.1, -0.05) is 17.7 Å². The fraction of sp³-hybridized carbons (Fsp3) is 0.200. The number of ether oxygens (including phenoxy) is 1. The molecule has 0 unspecified atom stereocenters. The molecular weight excluding hydrogens is 380 g/mol. The van der Waals surface area contributed by atoms with E-state index in [1.807, 2.05) is 19.1 Å². The standard InChI is InChI=1S/C20H20N2O5S/c1-13-11-14(2)18(15(3)12-13)19(23)21-9-10-22(20(21)24)28(25,26)17-7-5-16(27-4)6-8-17/h5-12H,1-4H3. The summed E-state index contributed by atoms with van der Waals surface area (Å²) in [4.78, 5) is 25.6. The zero-order chi connectivity index (χ0) is 20.6. The summed E-state index contributed by atoms with van der Waals surface area (Å²) in [7, 11) is -2.67. The lowest BCUT2D eigenvalue weighted by Crippen LogP contribution is -2.33. The van der Waals surface area contributed by atoms with Crippen LogP contribution >= 0.6 is 0 Å². The summed E-state index contributed by atoms with van der Waals surface area (Å²) in [5.74, 6) is -0.0759. The van der Waals surface area contributed by atoms with Crippen LogP contribution in [0.5, 0.6) is 5.75 Å². The molecule has 1 aromatic heterocycles. The Kier molecular flexibility index (Phi) is 4.99. The summed E-state index contributed by atoms with van der Waals surface area (Å²) in [6.45, 7) is 5.48. The molecule has 0 fully saturated rings. The third-order valence-electron chi connectivity index (χ3n) is 4.47. The predicted octanol–water partition coefficient (Wildman–Crippen LogP) is 2.51. The number of nitrogens with zero attached hydrogens (tertiary/aromatic N) is 2. The highest BCUT2D eigenvalue weighted by Gasteiger charge is 2.24. The first kappa shape index (κ1) is 19.6. The average molecular weight is 400 g/mol. The molecule has 3 aromatic rings. The first-order valence-corrected chi connectivity index (χ1v) is 9.93. The van der Waals surface area contributed by atoms with Crippen LogP contribution in [0.3, 0.4) is 0 Å². The number of carbonyl (C=O) groups is 1. The summed E-state index contributed by atoms with van der Waals surface area (Å²) in [6, 6.07) is 9.34. The van der Waals surface area contributed by atoms with E-state index >= 15 is 0 Å². The highest BCUT2D eigenvalue weighted by Crippen LogP contribution is 2.19. The second-order valence-corrected chi connectivity index (χ2v) is 8.32. The molecule has 0 aliphatic carbocycles. The zero-order valence-electron chi connectivity index (χ0n) is 16.0. The Bertz CT molecular complexity index is 1200. The number of imidazole rings is 1. The van der Waals surface area contributed by atoms with Crippen molar-refractivity contribution in [2.45, 2.75) is 25.7 Å². The van der Waals surface area contributed by atoms with E-state index in [9.17, 15) is 18.0 Å². The fourth-order valence-corrected chi connectivity index (χ4v) is 4.41. The van der Waals surface area contributed by atoms with Gasteiger partial charge in [-0.2, -0.15) is 3.97 Å². The highest BCUT2D eigenvalue weighted by atomic mass is 32.2. The monoisotopic (exact) mass is 400 g/mol. The summed E-state index contributed by atoms with van der Waals surface area (Å²) < 4.78 is 32.0. The van der Waals surface area contributed by atoms with Crippen LogP contribution in [0.1, 0.15) is 27.0 Å². The quantitative estimate of drug-likeness (QED) is 0.672. The minimum Gasteiger partial charge on any atom is -0.497 e. The van der Waals surface area contributed by atoms with Gasteiger partial charge in [0, 0.05) is 18.0 Å². The summed E-state index contributed by atoms with van der Waals surface area (Å²) in [6.07, 6.45) is 2.25. The van der Waals surface area contributed by atoms with E-state index in [0.717, 1.165) is 27.5 Å². The molecule has 0 saturated carbocycles. The van der Waals surface area contributed by atoms with Gasteiger partial charge in [0.2, 0.25) is 0 Å². The molecule has 0 radical (unpaired) electrons. The largest absolute Gasteiger partial charge is 0.497 e. The van der Waals surface area contributed by atoms with Gasteiger partial charge in [0.15, 0.2) is 0 Å². The molecule has 0 amide bonds. The van der Waals surface area contributed by atoms with Crippen LogP contribution in [0.4, 0.5) is 0 Å². The molecule has 0 bridgehead atoms. The third-order valence-corrected chi connectivity index (χ3v) is 6.14. The van der Waals surface area contributed by atoms with E-state index in [-0.39, 0.29) is 4.90 Å². The maximum atomic E-state index is 12.9. The lowest BCUT2D eigenvalue weighted by atomic mass is 9.99. The molecule has 7 nitrogen and oxygen atoms in total. The van der Waals surface area contributed by atoms with Crippen LogP contribution in [0.15, 0.2) is 58.5 Å². The van der Waals surface area contributed by atoms with Crippen molar-refractivity contribution in [2.24, 2.45) is 0 Å². The van der Waals surface area contributed by atoms with Crippen molar-refractivity contribution in [3.8, 4) is 5.75 Å². The van der Waals surface area contributed by atoms with Crippen molar-refractivity contribution in [3.05, 3.63) is 81.5 Å². The first-order valence-electron chi connectivity index (χ1n) is 8.49. The normalized spacial score (nSPS) is 11.4. The van der Waals surface area contributed by atoms with Crippen molar-refractivity contribution >= 4 is 15.9 Å². The highest BCUT2D eigenvalue weighted by molar-refractivity contribution is 7.90. The summed E-state index contributed by atoms with van der Waals surface area (Å²) in [5.41, 5.74) is 1.88. The van der Waals surface area contributed by atoms with Crippen LogP contribution in [-0.4, -0.2) is 30.0 Å².